The van der Waals surface area contributed by atoms with Crippen LogP contribution in [-0.2, 0) is 0 Å². The van der Waals surface area contributed by atoms with Gasteiger partial charge in [-0.05, 0) is 43.2 Å². The van der Waals surface area contributed by atoms with Crippen LogP contribution in [0.25, 0.3) is 0 Å². The van der Waals surface area contributed by atoms with Crippen molar-refractivity contribution in [3.05, 3.63) is 54.0 Å². The predicted molar refractivity (Wildman–Crippen MR) is 88.3 cm³/mol. The van der Waals surface area contributed by atoms with Gasteiger partial charge in [-0.1, -0.05) is 18.9 Å². The Bertz CT molecular complexity index is 681. The van der Waals surface area contributed by atoms with Crippen LogP contribution in [0.15, 0.2) is 42.6 Å². The lowest BCUT2D eigenvalue weighted by atomic mass is 10.2. The smallest absolute Gasteiger partial charge is 0.257 e. The zero-order chi connectivity index (χ0) is 16.1. The number of nitrogens with one attached hydrogen (secondary N) is 1. The van der Waals surface area contributed by atoms with E-state index < -0.39 is 0 Å². The van der Waals surface area contributed by atoms with E-state index in [1.807, 2.05) is 4.90 Å². The van der Waals surface area contributed by atoms with Crippen molar-refractivity contribution in [2.45, 2.75) is 25.7 Å². The molecule has 4 nitrogen and oxygen atoms in total. The van der Waals surface area contributed by atoms with Crippen molar-refractivity contribution in [2.75, 3.05) is 18.4 Å². The van der Waals surface area contributed by atoms with Crippen molar-refractivity contribution in [1.82, 2.24) is 9.88 Å². The normalized spacial score (nSPS) is 15.1. The molecule has 1 amide bonds. The highest BCUT2D eigenvalue weighted by Crippen LogP contribution is 2.22. The molecular weight excluding hydrogens is 293 g/mol. The first kappa shape index (κ1) is 15.5. The van der Waals surface area contributed by atoms with Crippen molar-refractivity contribution in [1.29, 1.82) is 0 Å². The molecule has 1 fully saturated rings. The van der Waals surface area contributed by atoms with Gasteiger partial charge in [0.05, 0.1) is 5.56 Å². The highest BCUT2D eigenvalue weighted by atomic mass is 19.1. The fraction of sp³-hybridized carbons (Fsp3) is 0.333. The lowest BCUT2D eigenvalue weighted by Gasteiger charge is -2.21. The Balaban J connectivity index is 1.83. The monoisotopic (exact) mass is 313 g/mol. The maximum Gasteiger partial charge on any atom is 0.257 e. The van der Waals surface area contributed by atoms with Crippen molar-refractivity contribution >= 4 is 17.4 Å². The molecule has 2 heterocycles. The summed E-state index contributed by atoms with van der Waals surface area (Å²) in [5, 5.41) is 3.05. The van der Waals surface area contributed by atoms with Crippen LogP contribution in [0.3, 0.4) is 0 Å². The van der Waals surface area contributed by atoms with E-state index in [0.29, 0.717) is 17.1 Å². The fourth-order valence-electron chi connectivity index (χ4n) is 2.82. The average Bonchev–Trinajstić information content (AvgIpc) is 2.84. The molecule has 1 aliphatic heterocycles. The van der Waals surface area contributed by atoms with E-state index in [9.17, 15) is 9.18 Å². The van der Waals surface area contributed by atoms with Gasteiger partial charge in [0.25, 0.3) is 5.91 Å². The summed E-state index contributed by atoms with van der Waals surface area (Å²) < 4.78 is 13.3. The zero-order valence-corrected chi connectivity index (χ0v) is 13.0. The topological polar surface area (TPSA) is 45.2 Å². The lowest BCUT2D eigenvalue weighted by molar-refractivity contribution is 0.0762. The molecule has 0 unspecified atom stereocenters. The third-order valence-electron chi connectivity index (χ3n) is 4.02. The Morgan fingerprint density at radius 1 is 1.09 bits per heavy atom. The molecule has 1 N–H and O–H groups in total. The molecule has 120 valence electrons. The van der Waals surface area contributed by atoms with Crippen LogP contribution in [0.4, 0.5) is 15.9 Å². The van der Waals surface area contributed by atoms with Gasteiger partial charge in [-0.25, -0.2) is 9.37 Å². The van der Waals surface area contributed by atoms with Crippen molar-refractivity contribution in [3.63, 3.8) is 0 Å². The van der Waals surface area contributed by atoms with Gasteiger partial charge in [0.2, 0.25) is 0 Å². The van der Waals surface area contributed by atoms with Gasteiger partial charge >= 0.3 is 0 Å². The minimum Gasteiger partial charge on any atom is -0.339 e. The molecule has 0 radical (unpaired) electrons. The first-order chi connectivity index (χ1) is 11.2. The third kappa shape index (κ3) is 3.86. The quantitative estimate of drug-likeness (QED) is 0.932. The number of nitrogens with zero attached hydrogens (tertiary/aromatic N) is 2. The second kappa shape index (κ2) is 7.22. The number of pyridine rings is 1. The molecule has 0 atom stereocenters. The standard InChI is InChI=1S/C18H20FN3O/c19-14-7-5-8-15(13-14)21-17-16(9-6-10-20-17)18(23)22-11-3-1-2-4-12-22/h5-10,13H,1-4,11-12H2,(H,20,21). The van der Waals surface area contributed by atoms with Crippen LogP contribution < -0.4 is 5.32 Å². The zero-order valence-electron chi connectivity index (χ0n) is 13.0. The van der Waals surface area contributed by atoms with Gasteiger partial charge in [0, 0.05) is 25.0 Å². The van der Waals surface area contributed by atoms with Crippen LogP contribution in [-0.4, -0.2) is 28.9 Å². The number of benzene rings is 1. The molecule has 0 bridgehead atoms. The SMILES string of the molecule is O=C(c1cccnc1Nc1cccc(F)c1)N1CCCCCC1. The molecule has 5 heteroatoms. The number of rotatable bonds is 3. The molecule has 1 aliphatic rings. The summed E-state index contributed by atoms with van der Waals surface area (Å²) in [6.45, 7) is 1.57. The number of anilines is 2. The van der Waals surface area contributed by atoms with Crippen LogP contribution >= 0.6 is 0 Å². The molecule has 2 aromatic rings. The molecule has 23 heavy (non-hydrogen) atoms. The summed E-state index contributed by atoms with van der Waals surface area (Å²) in [5.41, 5.74) is 1.10. The van der Waals surface area contributed by atoms with Crippen LogP contribution in [0.1, 0.15) is 36.0 Å². The average molecular weight is 313 g/mol. The summed E-state index contributed by atoms with van der Waals surface area (Å²) >= 11 is 0. The second-order valence-electron chi connectivity index (χ2n) is 5.74. The molecule has 1 aromatic heterocycles. The first-order valence-corrected chi connectivity index (χ1v) is 8.01. The summed E-state index contributed by atoms with van der Waals surface area (Å²) in [4.78, 5) is 19.0. The van der Waals surface area contributed by atoms with E-state index >= 15 is 0 Å². The van der Waals surface area contributed by atoms with Crippen molar-refractivity contribution < 1.29 is 9.18 Å². The van der Waals surface area contributed by atoms with E-state index in [0.717, 1.165) is 25.9 Å². The molecule has 1 saturated heterocycles. The maximum absolute atomic E-state index is 13.3. The molecule has 0 spiro atoms. The van der Waals surface area contributed by atoms with Gasteiger partial charge in [-0.3, -0.25) is 4.79 Å². The molecule has 0 aliphatic carbocycles. The third-order valence-corrected chi connectivity index (χ3v) is 4.02. The lowest BCUT2D eigenvalue weighted by Crippen LogP contribution is -2.32. The van der Waals surface area contributed by atoms with E-state index in [1.54, 1.807) is 30.5 Å². The second-order valence-corrected chi connectivity index (χ2v) is 5.74. The van der Waals surface area contributed by atoms with E-state index in [4.69, 9.17) is 0 Å². The van der Waals surface area contributed by atoms with E-state index in [-0.39, 0.29) is 11.7 Å². The van der Waals surface area contributed by atoms with E-state index in [1.165, 1.54) is 25.0 Å². The number of hydrogen-bond donors (Lipinski definition) is 1. The molecule has 3 rings (SSSR count). The van der Waals surface area contributed by atoms with Crippen molar-refractivity contribution in [3.8, 4) is 0 Å². The fourth-order valence-corrected chi connectivity index (χ4v) is 2.82. The molecule has 1 aromatic carbocycles. The largest absolute Gasteiger partial charge is 0.339 e. The minimum atomic E-state index is -0.327. The van der Waals surface area contributed by atoms with Gasteiger partial charge in [0.1, 0.15) is 11.6 Å². The summed E-state index contributed by atoms with van der Waals surface area (Å²) in [5.74, 6) is 0.123. The highest BCUT2D eigenvalue weighted by Gasteiger charge is 2.20. The number of halogens is 1. The molecule has 0 saturated carbocycles. The minimum absolute atomic E-state index is 0.0149. The summed E-state index contributed by atoms with van der Waals surface area (Å²) in [6.07, 6.45) is 6.05. The van der Waals surface area contributed by atoms with E-state index in [2.05, 4.69) is 10.3 Å². The Labute approximate surface area is 135 Å². The van der Waals surface area contributed by atoms with Crippen LogP contribution in [0, 0.1) is 5.82 Å². The van der Waals surface area contributed by atoms with Gasteiger partial charge in [-0.15, -0.1) is 0 Å². The number of likely N-dealkylation sites (tertiary alicyclic amines) is 1. The van der Waals surface area contributed by atoms with Gasteiger partial charge in [-0.2, -0.15) is 0 Å². The summed E-state index contributed by atoms with van der Waals surface area (Å²) in [7, 11) is 0. The number of carbonyl (C=O) groups is 1. The Morgan fingerprint density at radius 3 is 2.61 bits per heavy atom. The number of hydrogen-bond acceptors (Lipinski definition) is 3. The first-order valence-electron chi connectivity index (χ1n) is 8.01. The Hall–Kier alpha value is -2.43. The highest BCUT2D eigenvalue weighted by molar-refractivity contribution is 5.99. The Morgan fingerprint density at radius 2 is 1.87 bits per heavy atom. The van der Waals surface area contributed by atoms with Gasteiger partial charge < -0.3 is 10.2 Å². The predicted octanol–water partition coefficient (Wildman–Crippen LogP) is 3.98. The number of carbonyl (C=O) groups excluding carboxylic acids is 1. The van der Waals surface area contributed by atoms with Crippen LogP contribution in [0.5, 0.6) is 0 Å². The number of amides is 1. The summed E-state index contributed by atoms with van der Waals surface area (Å²) in [6, 6.07) is 9.65. The van der Waals surface area contributed by atoms with Crippen molar-refractivity contribution in [2.24, 2.45) is 0 Å². The number of aromatic nitrogens is 1. The van der Waals surface area contributed by atoms with Crippen LogP contribution in [0.2, 0.25) is 0 Å². The maximum atomic E-state index is 13.3. The Kier molecular flexibility index (Phi) is 4.86. The molecular formula is C18H20FN3O. The van der Waals surface area contributed by atoms with Gasteiger partial charge in [0.15, 0.2) is 0 Å².